The molecule has 0 saturated heterocycles. The SMILES string of the molecule is O=C(O)CC[C@H]1CN(S(=O)(=O)c2cccc(C(F)(F)F)c2)c2cc(-c3cccc(O)c3)ccc2O1. The van der Waals surface area contributed by atoms with E-state index in [1.54, 1.807) is 18.2 Å². The van der Waals surface area contributed by atoms with Crippen LogP contribution in [0, 0.1) is 0 Å². The first-order chi connectivity index (χ1) is 16.4. The van der Waals surface area contributed by atoms with Crippen molar-refractivity contribution in [2.75, 3.05) is 10.8 Å². The van der Waals surface area contributed by atoms with Gasteiger partial charge in [0.2, 0.25) is 0 Å². The van der Waals surface area contributed by atoms with Gasteiger partial charge in [-0.15, -0.1) is 0 Å². The fraction of sp³-hybridized carbons (Fsp3) is 0.208. The van der Waals surface area contributed by atoms with Crippen LogP contribution in [0.25, 0.3) is 11.1 Å². The number of rotatable bonds is 6. The lowest BCUT2D eigenvalue weighted by Crippen LogP contribution is -2.43. The molecule has 0 bridgehead atoms. The number of hydrogen-bond donors (Lipinski definition) is 2. The molecule has 0 unspecified atom stereocenters. The lowest BCUT2D eigenvalue weighted by Gasteiger charge is -2.35. The van der Waals surface area contributed by atoms with Crippen LogP contribution in [-0.2, 0) is 21.0 Å². The lowest BCUT2D eigenvalue weighted by atomic mass is 10.0. The molecule has 3 aromatic rings. The van der Waals surface area contributed by atoms with Crippen molar-refractivity contribution >= 4 is 21.7 Å². The summed E-state index contributed by atoms with van der Waals surface area (Å²) in [7, 11) is -4.48. The normalized spacial score (nSPS) is 15.9. The second kappa shape index (κ2) is 9.14. The summed E-state index contributed by atoms with van der Waals surface area (Å²) in [6, 6.07) is 14.4. The highest BCUT2D eigenvalue weighted by Gasteiger charge is 2.37. The van der Waals surface area contributed by atoms with Crippen molar-refractivity contribution < 1.29 is 41.3 Å². The van der Waals surface area contributed by atoms with Crippen LogP contribution in [0.5, 0.6) is 11.5 Å². The zero-order valence-electron chi connectivity index (χ0n) is 18.1. The van der Waals surface area contributed by atoms with E-state index in [-0.39, 0.29) is 36.6 Å². The quantitative estimate of drug-likeness (QED) is 0.492. The van der Waals surface area contributed by atoms with Gasteiger partial charge in [-0.1, -0.05) is 24.3 Å². The van der Waals surface area contributed by atoms with Crippen molar-refractivity contribution in [3.8, 4) is 22.6 Å². The Balaban J connectivity index is 1.81. The molecule has 0 aliphatic carbocycles. The van der Waals surface area contributed by atoms with Gasteiger partial charge in [-0.05, 0) is 60.0 Å². The Morgan fingerprint density at radius 2 is 1.74 bits per heavy atom. The number of aliphatic carboxylic acids is 1. The monoisotopic (exact) mass is 507 g/mol. The number of phenols is 1. The van der Waals surface area contributed by atoms with Gasteiger partial charge in [-0.25, -0.2) is 8.42 Å². The fourth-order valence-electron chi connectivity index (χ4n) is 3.80. The minimum absolute atomic E-state index is 0.00125. The van der Waals surface area contributed by atoms with Crippen molar-refractivity contribution in [3.05, 3.63) is 72.3 Å². The third kappa shape index (κ3) is 5.19. The van der Waals surface area contributed by atoms with Gasteiger partial charge in [0.1, 0.15) is 17.6 Å². The Hall–Kier alpha value is -3.73. The average Bonchev–Trinajstić information content (AvgIpc) is 2.81. The zero-order chi connectivity index (χ0) is 25.4. The number of phenolic OH excluding ortho intramolecular Hbond substituents is 1. The number of carboxylic acid groups (broad SMARTS) is 1. The Kier molecular flexibility index (Phi) is 6.37. The minimum Gasteiger partial charge on any atom is -0.508 e. The van der Waals surface area contributed by atoms with Crippen LogP contribution in [0.15, 0.2) is 71.6 Å². The van der Waals surface area contributed by atoms with E-state index in [9.17, 15) is 31.5 Å². The van der Waals surface area contributed by atoms with Crippen molar-refractivity contribution in [2.45, 2.75) is 30.0 Å². The predicted octanol–water partition coefficient (Wildman–Crippen LogP) is 4.90. The Labute approximate surface area is 199 Å². The second-order valence-corrected chi connectivity index (χ2v) is 9.83. The molecule has 11 heteroatoms. The van der Waals surface area contributed by atoms with Crippen LogP contribution >= 0.6 is 0 Å². The summed E-state index contributed by atoms with van der Waals surface area (Å²) >= 11 is 0. The maximum Gasteiger partial charge on any atom is 0.416 e. The van der Waals surface area contributed by atoms with Crippen LogP contribution in [0.2, 0.25) is 0 Å². The molecule has 184 valence electrons. The van der Waals surface area contributed by atoms with Crippen molar-refractivity contribution in [2.24, 2.45) is 0 Å². The molecule has 35 heavy (non-hydrogen) atoms. The molecule has 1 aliphatic rings. The van der Waals surface area contributed by atoms with E-state index >= 15 is 0 Å². The number of fused-ring (bicyclic) bond motifs is 1. The van der Waals surface area contributed by atoms with E-state index in [2.05, 4.69) is 0 Å². The van der Waals surface area contributed by atoms with E-state index in [0.717, 1.165) is 22.5 Å². The number of aromatic hydroxyl groups is 1. The molecule has 0 saturated carbocycles. The Bertz CT molecular complexity index is 1370. The third-order valence-electron chi connectivity index (χ3n) is 5.50. The molecule has 1 aliphatic heterocycles. The van der Waals surface area contributed by atoms with Crippen LogP contribution in [0.4, 0.5) is 18.9 Å². The first-order valence-electron chi connectivity index (χ1n) is 10.5. The summed E-state index contributed by atoms with van der Waals surface area (Å²) < 4.78 is 73.6. The Morgan fingerprint density at radius 3 is 2.43 bits per heavy atom. The number of benzene rings is 3. The maximum atomic E-state index is 13.6. The van der Waals surface area contributed by atoms with E-state index in [4.69, 9.17) is 9.84 Å². The number of hydrogen-bond acceptors (Lipinski definition) is 5. The van der Waals surface area contributed by atoms with Gasteiger partial charge < -0.3 is 14.9 Å². The highest BCUT2D eigenvalue weighted by atomic mass is 32.2. The molecule has 0 amide bonds. The highest BCUT2D eigenvalue weighted by molar-refractivity contribution is 7.92. The summed E-state index contributed by atoms with van der Waals surface area (Å²) in [4.78, 5) is 10.5. The number of nitrogens with zero attached hydrogens (tertiary/aromatic N) is 1. The molecular weight excluding hydrogens is 487 g/mol. The largest absolute Gasteiger partial charge is 0.508 e. The molecule has 0 spiro atoms. The van der Waals surface area contributed by atoms with E-state index < -0.39 is 38.7 Å². The van der Waals surface area contributed by atoms with Crippen LogP contribution < -0.4 is 9.04 Å². The van der Waals surface area contributed by atoms with Gasteiger partial charge in [0.05, 0.1) is 22.7 Å². The number of anilines is 1. The van der Waals surface area contributed by atoms with Crippen molar-refractivity contribution in [3.63, 3.8) is 0 Å². The van der Waals surface area contributed by atoms with E-state index in [1.807, 2.05) is 0 Å². The van der Waals surface area contributed by atoms with Gasteiger partial charge in [0.25, 0.3) is 10.0 Å². The summed E-state index contributed by atoms with van der Waals surface area (Å²) in [6.45, 7) is -0.289. The van der Waals surface area contributed by atoms with Gasteiger partial charge >= 0.3 is 12.1 Å². The first kappa shape index (κ1) is 24.4. The molecular formula is C24H20F3NO6S. The van der Waals surface area contributed by atoms with Crippen LogP contribution in [0.1, 0.15) is 18.4 Å². The molecule has 4 rings (SSSR count). The lowest BCUT2D eigenvalue weighted by molar-refractivity contribution is -0.138. The summed E-state index contributed by atoms with van der Waals surface area (Å²) in [5.74, 6) is -0.948. The maximum absolute atomic E-state index is 13.6. The zero-order valence-corrected chi connectivity index (χ0v) is 18.9. The summed E-state index contributed by atoms with van der Waals surface area (Å²) in [6.07, 6.45) is -5.84. The molecule has 1 atom stereocenters. The van der Waals surface area contributed by atoms with E-state index in [0.29, 0.717) is 17.2 Å². The minimum atomic E-state index is -4.74. The predicted molar refractivity (Wildman–Crippen MR) is 121 cm³/mol. The molecule has 1 heterocycles. The summed E-state index contributed by atoms with van der Waals surface area (Å²) in [5, 5.41) is 18.8. The first-order valence-corrected chi connectivity index (χ1v) is 11.9. The number of sulfonamides is 1. The molecule has 2 N–H and O–H groups in total. The molecule has 7 nitrogen and oxygen atoms in total. The van der Waals surface area contributed by atoms with Crippen molar-refractivity contribution in [1.29, 1.82) is 0 Å². The smallest absolute Gasteiger partial charge is 0.416 e. The molecule has 3 aromatic carbocycles. The number of carboxylic acids is 1. The van der Waals surface area contributed by atoms with E-state index in [1.165, 1.54) is 24.3 Å². The fourth-order valence-corrected chi connectivity index (χ4v) is 5.34. The number of halogens is 3. The van der Waals surface area contributed by atoms with Crippen molar-refractivity contribution in [1.82, 2.24) is 0 Å². The molecule has 0 radical (unpaired) electrons. The molecule has 0 fully saturated rings. The average molecular weight is 507 g/mol. The molecule has 0 aromatic heterocycles. The third-order valence-corrected chi connectivity index (χ3v) is 7.28. The summed E-state index contributed by atoms with van der Waals surface area (Å²) in [5.41, 5.74) is 0.103. The Morgan fingerprint density at radius 1 is 1.03 bits per heavy atom. The second-order valence-electron chi connectivity index (χ2n) is 7.97. The topological polar surface area (TPSA) is 104 Å². The standard InChI is InChI=1S/C24H20F3NO6S/c25-24(26,27)17-4-2-6-20(13-17)35(32,33)28-14-19(8-10-23(30)31)34-22-9-7-16(12-21(22)28)15-3-1-5-18(29)11-15/h1-7,9,11-13,19,29H,8,10,14H2,(H,30,31)/t19-/m0/s1. The van der Waals surface area contributed by atoms with Gasteiger partial charge in [-0.3, -0.25) is 9.10 Å². The van der Waals surface area contributed by atoms with Gasteiger partial charge in [0, 0.05) is 6.42 Å². The number of alkyl halides is 3. The van der Waals surface area contributed by atoms with Crippen LogP contribution in [0.3, 0.4) is 0 Å². The van der Waals surface area contributed by atoms with Gasteiger partial charge in [-0.2, -0.15) is 13.2 Å². The number of ether oxygens (including phenoxy) is 1. The van der Waals surface area contributed by atoms with Gasteiger partial charge in [0.15, 0.2) is 0 Å². The van der Waals surface area contributed by atoms with Crippen LogP contribution in [-0.4, -0.2) is 37.2 Å². The number of carbonyl (C=O) groups is 1. The highest BCUT2D eigenvalue weighted by Crippen LogP contribution is 2.41.